The van der Waals surface area contributed by atoms with Gasteiger partial charge in [-0.05, 0) is 24.7 Å². The van der Waals surface area contributed by atoms with Crippen molar-refractivity contribution in [3.8, 4) is 0 Å². The molecule has 4 nitrogen and oxygen atoms in total. The Morgan fingerprint density at radius 3 is 2.82 bits per heavy atom. The number of hydrogen-bond acceptors (Lipinski definition) is 3. The predicted molar refractivity (Wildman–Crippen MR) is 65.2 cm³/mol. The summed E-state index contributed by atoms with van der Waals surface area (Å²) in [5.41, 5.74) is 0. The molecular formula is C13H21NO3. The fraction of sp³-hybridized carbons (Fsp3) is 0.692. The van der Waals surface area contributed by atoms with Gasteiger partial charge in [0.15, 0.2) is 0 Å². The fourth-order valence-electron chi connectivity index (χ4n) is 2.57. The Bertz CT molecular complexity index is 314. The third-order valence-corrected chi connectivity index (χ3v) is 3.52. The number of nitrogens with zero attached hydrogens (tertiary/aromatic N) is 1. The van der Waals surface area contributed by atoms with E-state index in [1.807, 2.05) is 6.08 Å². The summed E-state index contributed by atoms with van der Waals surface area (Å²) in [6.07, 6.45) is 3.45. The number of rotatable bonds is 4. The molecule has 0 aliphatic carbocycles. The standard InChI is InChI=1S/C13H21NO3/c1-5-6-7-10-9(2)8-14(3)12(15)11(10)13(16)17-4/h5,9-11H,1,6-8H2,2-4H3/t9-,10+,11?/m0/s1. The number of allylic oxidation sites excluding steroid dienone is 1. The summed E-state index contributed by atoms with van der Waals surface area (Å²) in [6.45, 7) is 6.46. The van der Waals surface area contributed by atoms with Gasteiger partial charge in [0.05, 0.1) is 7.11 Å². The SMILES string of the molecule is C=CCC[C@H]1C(C(=O)OC)C(=O)N(C)C[C@@H]1C. The molecule has 1 aliphatic rings. The van der Waals surface area contributed by atoms with Gasteiger partial charge in [-0.2, -0.15) is 0 Å². The lowest BCUT2D eigenvalue weighted by Gasteiger charge is -2.39. The van der Waals surface area contributed by atoms with Gasteiger partial charge in [-0.15, -0.1) is 6.58 Å². The van der Waals surface area contributed by atoms with Crippen LogP contribution in [0.3, 0.4) is 0 Å². The Hall–Kier alpha value is -1.32. The number of amides is 1. The van der Waals surface area contributed by atoms with Crippen LogP contribution in [0.25, 0.3) is 0 Å². The van der Waals surface area contributed by atoms with Gasteiger partial charge in [0, 0.05) is 13.6 Å². The molecular weight excluding hydrogens is 218 g/mol. The Balaban J connectivity index is 2.90. The van der Waals surface area contributed by atoms with Gasteiger partial charge in [0.1, 0.15) is 5.92 Å². The lowest BCUT2D eigenvalue weighted by Crippen LogP contribution is -2.51. The highest BCUT2D eigenvalue weighted by Gasteiger charge is 2.43. The van der Waals surface area contributed by atoms with Crippen molar-refractivity contribution in [2.24, 2.45) is 17.8 Å². The summed E-state index contributed by atoms with van der Waals surface area (Å²) in [7, 11) is 3.07. The molecule has 0 bridgehead atoms. The number of ether oxygens (including phenoxy) is 1. The van der Waals surface area contributed by atoms with E-state index in [4.69, 9.17) is 4.74 Å². The highest BCUT2D eigenvalue weighted by molar-refractivity contribution is 5.98. The number of esters is 1. The lowest BCUT2D eigenvalue weighted by molar-refractivity contribution is -0.161. The lowest BCUT2D eigenvalue weighted by atomic mass is 9.75. The number of methoxy groups -OCH3 is 1. The zero-order chi connectivity index (χ0) is 13.0. The first-order valence-corrected chi connectivity index (χ1v) is 5.96. The number of piperidine rings is 1. The zero-order valence-electron chi connectivity index (χ0n) is 10.8. The van der Waals surface area contributed by atoms with Crippen LogP contribution in [0.4, 0.5) is 0 Å². The van der Waals surface area contributed by atoms with Crippen molar-refractivity contribution < 1.29 is 14.3 Å². The molecule has 0 aromatic heterocycles. The van der Waals surface area contributed by atoms with Gasteiger partial charge < -0.3 is 9.64 Å². The molecule has 96 valence electrons. The Kier molecular flexibility index (Phi) is 4.73. The van der Waals surface area contributed by atoms with Crippen molar-refractivity contribution in [3.05, 3.63) is 12.7 Å². The first-order chi connectivity index (χ1) is 8.02. The molecule has 1 aliphatic heterocycles. The smallest absolute Gasteiger partial charge is 0.318 e. The molecule has 4 heteroatoms. The molecule has 0 radical (unpaired) electrons. The molecule has 1 amide bonds. The van der Waals surface area contributed by atoms with E-state index in [2.05, 4.69) is 13.5 Å². The van der Waals surface area contributed by atoms with Crippen molar-refractivity contribution in [3.63, 3.8) is 0 Å². The van der Waals surface area contributed by atoms with E-state index in [9.17, 15) is 9.59 Å². The third kappa shape index (κ3) is 2.87. The van der Waals surface area contributed by atoms with Gasteiger partial charge in [0.25, 0.3) is 0 Å². The molecule has 0 N–H and O–H groups in total. The Labute approximate surface area is 103 Å². The average molecular weight is 239 g/mol. The van der Waals surface area contributed by atoms with E-state index in [0.29, 0.717) is 12.5 Å². The first kappa shape index (κ1) is 13.7. The largest absolute Gasteiger partial charge is 0.468 e. The van der Waals surface area contributed by atoms with Crippen LogP contribution in [-0.4, -0.2) is 37.5 Å². The molecule has 17 heavy (non-hydrogen) atoms. The van der Waals surface area contributed by atoms with Crippen molar-refractivity contribution in [2.75, 3.05) is 20.7 Å². The third-order valence-electron chi connectivity index (χ3n) is 3.52. The number of carbonyl (C=O) groups is 2. The van der Waals surface area contributed by atoms with Crippen LogP contribution in [-0.2, 0) is 14.3 Å². The minimum absolute atomic E-state index is 0.0594. The van der Waals surface area contributed by atoms with Gasteiger partial charge >= 0.3 is 5.97 Å². The summed E-state index contributed by atoms with van der Waals surface area (Å²) >= 11 is 0. The van der Waals surface area contributed by atoms with Crippen LogP contribution in [0, 0.1) is 17.8 Å². The van der Waals surface area contributed by atoms with E-state index in [1.165, 1.54) is 7.11 Å². The monoisotopic (exact) mass is 239 g/mol. The second kappa shape index (κ2) is 5.84. The normalized spacial score (nSPS) is 29.0. The van der Waals surface area contributed by atoms with E-state index in [1.54, 1.807) is 11.9 Å². The van der Waals surface area contributed by atoms with E-state index < -0.39 is 11.9 Å². The van der Waals surface area contributed by atoms with Gasteiger partial charge in [-0.25, -0.2) is 0 Å². The zero-order valence-corrected chi connectivity index (χ0v) is 10.8. The Morgan fingerprint density at radius 1 is 1.65 bits per heavy atom. The number of hydrogen-bond donors (Lipinski definition) is 0. The van der Waals surface area contributed by atoms with Crippen LogP contribution >= 0.6 is 0 Å². The molecule has 1 saturated heterocycles. The number of carbonyl (C=O) groups excluding carboxylic acids is 2. The molecule has 1 fully saturated rings. The first-order valence-electron chi connectivity index (χ1n) is 5.96. The van der Waals surface area contributed by atoms with E-state index in [-0.39, 0.29) is 11.8 Å². The molecule has 0 spiro atoms. The molecule has 0 aromatic carbocycles. The second-order valence-electron chi connectivity index (χ2n) is 4.73. The van der Waals surface area contributed by atoms with Crippen LogP contribution in [0.15, 0.2) is 12.7 Å². The van der Waals surface area contributed by atoms with E-state index >= 15 is 0 Å². The van der Waals surface area contributed by atoms with Crippen molar-refractivity contribution >= 4 is 11.9 Å². The molecule has 1 heterocycles. The summed E-state index contributed by atoms with van der Waals surface area (Å²) in [5, 5.41) is 0. The predicted octanol–water partition coefficient (Wildman–Crippen LogP) is 1.47. The summed E-state index contributed by atoms with van der Waals surface area (Å²) in [6, 6.07) is 0. The highest BCUT2D eigenvalue weighted by atomic mass is 16.5. The maximum absolute atomic E-state index is 12.0. The van der Waals surface area contributed by atoms with Crippen LogP contribution in [0.5, 0.6) is 0 Å². The minimum atomic E-state index is -0.645. The molecule has 1 rings (SSSR count). The van der Waals surface area contributed by atoms with Gasteiger partial charge in [0.2, 0.25) is 5.91 Å². The highest BCUT2D eigenvalue weighted by Crippen LogP contribution is 2.33. The van der Waals surface area contributed by atoms with E-state index in [0.717, 1.165) is 12.8 Å². The maximum atomic E-state index is 12.0. The van der Waals surface area contributed by atoms with Crippen LogP contribution in [0.1, 0.15) is 19.8 Å². The fourth-order valence-corrected chi connectivity index (χ4v) is 2.57. The van der Waals surface area contributed by atoms with Crippen molar-refractivity contribution in [2.45, 2.75) is 19.8 Å². The summed E-state index contributed by atoms with van der Waals surface area (Å²) < 4.78 is 4.75. The van der Waals surface area contributed by atoms with Crippen LogP contribution in [0.2, 0.25) is 0 Å². The molecule has 0 saturated carbocycles. The van der Waals surface area contributed by atoms with Gasteiger partial charge in [-0.1, -0.05) is 13.0 Å². The average Bonchev–Trinajstić information content (AvgIpc) is 2.31. The van der Waals surface area contributed by atoms with Crippen molar-refractivity contribution in [1.82, 2.24) is 4.90 Å². The van der Waals surface area contributed by atoms with Crippen molar-refractivity contribution in [1.29, 1.82) is 0 Å². The quantitative estimate of drug-likeness (QED) is 0.424. The topological polar surface area (TPSA) is 46.6 Å². The Morgan fingerprint density at radius 2 is 2.29 bits per heavy atom. The molecule has 1 unspecified atom stereocenters. The minimum Gasteiger partial charge on any atom is -0.468 e. The second-order valence-corrected chi connectivity index (χ2v) is 4.73. The molecule has 0 aromatic rings. The summed E-state index contributed by atoms with van der Waals surface area (Å²) in [4.78, 5) is 25.4. The van der Waals surface area contributed by atoms with Gasteiger partial charge in [-0.3, -0.25) is 9.59 Å². The summed E-state index contributed by atoms with van der Waals surface area (Å²) in [5.74, 6) is -0.814. The molecule has 3 atom stereocenters. The maximum Gasteiger partial charge on any atom is 0.318 e. The number of likely N-dealkylation sites (tertiary alicyclic amines) is 1. The van der Waals surface area contributed by atoms with Crippen LogP contribution < -0.4 is 0 Å².